The summed E-state index contributed by atoms with van der Waals surface area (Å²) in [6.45, 7) is 10.9. The highest BCUT2D eigenvalue weighted by atomic mass is 32.1. The van der Waals surface area contributed by atoms with Crippen LogP contribution in [0.4, 0.5) is 0 Å². The zero-order chi connectivity index (χ0) is 18.2. The van der Waals surface area contributed by atoms with Crippen molar-refractivity contribution in [2.24, 2.45) is 0 Å². The highest BCUT2D eigenvalue weighted by Gasteiger charge is 2.21. The van der Waals surface area contributed by atoms with Crippen molar-refractivity contribution < 1.29 is 4.79 Å². The molecule has 1 aromatic carbocycles. The first-order valence-corrected chi connectivity index (χ1v) is 9.66. The Labute approximate surface area is 152 Å². The fourth-order valence-electron chi connectivity index (χ4n) is 3.03. The lowest BCUT2D eigenvalue weighted by Gasteiger charge is -2.18. The lowest BCUT2D eigenvalue weighted by atomic mass is 9.86. The minimum Gasteiger partial charge on any atom is -0.296 e. The van der Waals surface area contributed by atoms with Crippen molar-refractivity contribution in [3.63, 3.8) is 0 Å². The molecule has 0 saturated heterocycles. The third-order valence-electron chi connectivity index (χ3n) is 4.72. The molecule has 0 aliphatic heterocycles. The van der Waals surface area contributed by atoms with Gasteiger partial charge in [-0.2, -0.15) is 9.61 Å². The van der Waals surface area contributed by atoms with E-state index in [1.54, 1.807) is 15.9 Å². The molecule has 3 rings (SSSR count). The molecule has 0 spiro atoms. The van der Waals surface area contributed by atoms with Crippen LogP contribution in [-0.2, 0) is 5.41 Å². The molecule has 2 aromatic heterocycles. The monoisotopic (exact) mass is 355 g/mol. The van der Waals surface area contributed by atoms with E-state index in [9.17, 15) is 4.79 Å². The first-order valence-electron chi connectivity index (χ1n) is 8.84. The Morgan fingerprint density at radius 1 is 1.16 bits per heavy atom. The van der Waals surface area contributed by atoms with Crippen molar-refractivity contribution in [2.75, 3.05) is 0 Å². The third-order valence-corrected chi connectivity index (χ3v) is 5.80. The van der Waals surface area contributed by atoms with E-state index in [2.05, 4.69) is 51.9 Å². The van der Waals surface area contributed by atoms with Crippen LogP contribution in [0.15, 0.2) is 24.3 Å². The number of hydrogen-bond donors (Lipinski definition) is 0. The Balaban J connectivity index is 2.05. The highest BCUT2D eigenvalue weighted by Crippen LogP contribution is 2.32. The molecule has 0 amide bonds. The topological polar surface area (TPSA) is 47.3 Å². The summed E-state index contributed by atoms with van der Waals surface area (Å²) in [5, 5.41) is 5.73. The maximum absolute atomic E-state index is 11.7. The largest absolute Gasteiger partial charge is 0.296 e. The summed E-state index contributed by atoms with van der Waals surface area (Å²) in [5.41, 5.74) is 3.57. The van der Waals surface area contributed by atoms with Crippen molar-refractivity contribution in [1.29, 1.82) is 0 Å². The van der Waals surface area contributed by atoms with Crippen LogP contribution in [0.25, 0.3) is 16.2 Å². The predicted octanol–water partition coefficient (Wildman–Crippen LogP) is 5.47. The van der Waals surface area contributed by atoms with Crippen LogP contribution in [0.3, 0.4) is 0 Å². The number of nitrogens with zero attached hydrogens (tertiary/aromatic N) is 3. The van der Waals surface area contributed by atoms with Gasteiger partial charge in [-0.25, -0.2) is 4.98 Å². The van der Waals surface area contributed by atoms with Gasteiger partial charge >= 0.3 is 0 Å². The predicted molar refractivity (Wildman–Crippen MR) is 104 cm³/mol. The van der Waals surface area contributed by atoms with Gasteiger partial charge in [0.25, 0.3) is 0 Å². The highest BCUT2D eigenvalue weighted by molar-refractivity contribution is 7.16. The van der Waals surface area contributed by atoms with Gasteiger partial charge in [-0.3, -0.25) is 4.79 Å². The summed E-state index contributed by atoms with van der Waals surface area (Å²) in [7, 11) is 0. The minimum atomic E-state index is 0.104. The van der Waals surface area contributed by atoms with Gasteiger partial charge in [0, 0.05) is 11.5 Å². The van der Waals surface area contributed by atoms with Gasteiger partial charge in [-0.15, -0.1) is 0 Å². The molecular weight excluding hydrogens is 330 g/mol. The van der Waals surface area contributed by atoms with Gasteiger partial charge in [-0.1, -0.05) is 70.2 Å². The molecule has 5 heteroatoms. The molecule has 132 valence electrons. The molecule has 25 heavy (non-hydrogen) atoms. The number of hydrogen-bond acceptors (Lipinski definition) is 4. The zero-order valence-electron chi connectivity index (χ0n) is 15.5. The van der Waals surface area contributed by atoms with E-state index in [1.165, 1.54) is 5.56 Å². The molecule has 0 atom stereocenters. The number of rotatable bonds is 5. The summed E-state index contributed by atoms with van der Waals surface area (Å²) >= 11 is 1.59. The smallest absolute Gasteiger partial charge is 0.213 e. The third kappa shape index (κ3) is 3.25. The fraction of sp³-hybridized carbons (Fsp3) is 0.450. The van der Waals surface area contributed by atoms with E-state index in [0.29, 0.717) is 17.3 Å². The number of aldehydes is 1. The summed E-state index contributed by atoms with van der Waals surface area (Å²) in [4.78, 5) is 17.2. The van der Waals surface area contributed by atoms with Crippen LogP contribution in [-0.4, -0.2) is 20.9 Å². The van der Waals surface area contributed by atoms with Gasteiger partial charge < -0.3 is 0 Å². The summed E-state index contributed by atoms with van der Waals surface area (Å²) in [5.74, 6) is 0.431. The quantitative estimate of drug-likeness (QED) is 0.570. The molecule has 0 aliphatic rings. The van der Waals surface area contributed by atoms with Crippen molar-refractivity contribution in [1.82, 2.24) is 14.6 Å². The first kappa shape index (κ1) is 17.8. The second kappa shape index (κ2) is 6.71. The number of carbonyl (C=O) groups is 1. The maximum Gasteiger partial charge on any atom is 0.213 e. The molecule has 0 saturated carbocycles. The van der Waals surface area contributed by atoms with E-state index < -0.39 is 0 Å². The molecule has 3 aromatic rings. The van der Waals surface area contributed by atoms with E-state index in [4.69, 9.17) is 4.98 Å². The summed E-state index contributed by atoms with van der Waals surface area (Å²) < 4.78 is 1.71. The average Bonchev–Trinajstić information content (AvgIpc) is 3.13. The van der Waals surface area contributed by atoms with Crippen molar-refractivity contribution in [3.8, 4) is 11.3 Å². The van der Waals surface area contributed by atoms with Gasteiger partial charge in [0.15, 0.2) is 6.29 Å². The van der Waals surface area contributed by atoms with Crippen LogP contribution in [0, 0.1) is 0 Å². The second-order valence-corrected chi connectivity index (χ2v) is 8.43. The SMILES string of the molecule is CCC(CC)c1nn2c(C=O)c(-c3ccc(C(C)(C)C)cc3)nc2s1. The van der Waals surface area contributed by atoms with Crippen LogP contribution in [0.5, 0.6) is 0 Å². The van der Waals surface area contributed by atoms with Crippen LogP contribution >= 0.6 is 11.3 Å². The van der Waals surface area contributed by atoms with Crippen molar-refractivity contribution in [3.05, 3.63) is 40.5 Å². The van der Waals surface area contributed by atoms with Crippen molar-refractivity contribution in [2.45, 2.75) is 58.8 Å². The minimum absolute atomic E-state index is 0.104. The molecular formula is C20H25N3OS. The standard InChI is InChI=1S/C20H25N3OS/c1-6-13(7-2)18-22-23-16(12-24)17(21-19(23)25-18)14-8-10-15(11-9-14)20(3,4)5/h8-13H,6-7H2,1-5H3. The molecule has 0 N–H and O–H groups in total. The van der Waals surface area contributed by atoms with E-state index >= 15 is 0 Å². The number of fused-ring (bicyclic) bond motifs is 1. The van der Waals surface area contributed by atoms with Gasteiger partial charge in [-0.05, 0) is 23.8 Å². The number of benzene rings is 1. The Hall–Kier alpha value is -2.01. The van der Waals surface area contributed by atoms with Crippen LogP contribution in [0.2, 0.25) is 0 Å². The Kier molecular flexibility index (Phi) is 4.78. The second-order valence-electron chi connectivity index (χ2n) is 7.44. The fourth-order valence-corrected chi connectivity index (χ4v) is 4.20. The van der Waals surface area contributed by atoms with Crippen LogP contribution < -0.4 is 0 Å². The molecule has 4 nitrogen and oxygen atoms in total. The van der Waals surface area contributed by atoms with Gasteiger partial charge in [0.05, 0.1) is 0 Å². The average molecular weight is 356 g/mol. The molecule has 0 bridgehead atoms. The molecule has 0 unspecified atom stereocenters. The Bertz CT molecular complexity index is 880. The lowest BCUT2D eigenvalue weighted by Crippen LogP contribution is -2.10. The number of carbonyl (C=O) groups excluding carboxylic acids is 1. The molecule has 2 heterocycles. The number of aromatic nitrogens is 3. The summed E-state index contributed by atoms with van der Waals surface area (Å²) in [6.07, 6.45) is 2.96. The van der Waals surface area contributed by atoms with Gasteiger partial charge in [0.2, 0.25) is 4.96 Å². The van der Waals surface area contributed by atoms with Crippen LogP contribution in [0.1, 0.15) is 74.4 Å². The van der Waals surface area contributed by atoms with E-state index in [0.717, 1.165) is 34.7 Å². The summed E-state index contributed by atoms with van der Waals surface area (Å²) in [6, 6.07) is 8.31. The maximum atomic E-state index is 11.7. The normalized spacial score (nSPS) is 12.2. The van der Waals surface area contributed by atoms with Gasteiger partial charge in [0.1, 0.15) is 16.4 Å². The molecule has 0 aliphatic carbocycles. The first-order chi connectivity index (χ1) is 11.9. The Morgan fingerprint density at radius 2 is 1.80 bits per heavy atom. The Morgan fingerprint density at radius 3 is 2.32 bits per heavy atom. The van der Waals surface area contributed by atoms with E-state index in [1.807, 2.05) is 12.1 Å². The van der Waals surface area contributed by atoms with Crippen molar-refractivity contribution >= 4 is 22.6 Å². The van der Waals surface area contributed by atoms with E-state index in [-0.39, 0.29) is 5.41 Å². The lowest BCUT2D eigenvalue weighted by molar-refractivity contribution is 0.111. The zero-order valence-corrected chi connectivity index (χ0v) is 16.4. The number of imidazole rings is 1. The molecule has 0 fully saturated rings. The molecule has 0 radical (unpaired) electrons.